The van der Waals surface area contributed by atoms with Gasteiger partial charge >= 0.3 is 6.09 Å². The van der Waals surface area contributed by atoms with Crippen molar-refractivity contribution in [2.45, 2.75) is 45.4 Å². The van der Waals surface area contributed by atoms with E-state index < -0.39 is 5.60 Å². The first-order valence-electron chi connectivity index (χ1n) is 8.55. The summed E-state index contributed by atoms with van der Waals surface area (Å²) in [6, 6.07) is 15.4. The van der Waals surface area contributed by atoms with E-state index in [1.54, 1.807) is 4.90 Å². The molecule has 0 saturated carbocycles. The van der Waals surface area contributed by atoms with E-state index in [4.69, 9.17) is 4.74 Å². The minimum absolute atomic E-state index is 0.224. The number of fused-ring (bicyclic) bond motifs is 1. The van der Waals surface area contributed by atoms with E-state index in [1.807, 2.05) is 20.8 Å². The van der Waals surface area contributed by atoms with Crippen molar-refractivity contribution in [1.82, 2.24) is 10.2 Å². The number of carbonyl (C=O) groups is 1. The molecule has 0 aliphatic carbocycles. The van der Waals surface area contributed by atoms with Crippen LogP contribution in [0, 0.1) is 0 Å². The third kappa shape index (κ3) is 3.70. The van der Waals surface area contributed by atoms with E-state index in [0.29, 0.717) is 19.1 Å². The number of benzene rings is 2. The monoisotopic (exact) mass is 326 g/mol. The maximum absolute atomic E-state index is 12.0. The Kier molecular flexibility index (Phi) is 4.50. The molecule has 1 saturated heterocycles. The van der Waals surface area contributed by atoms with E-state index in [-0.39, 0.29) is 12.1 Å². The smallest absolute Gasteiger partial charge is 0.410 e. The van der Waals surface area contributed by atoms with Crippen LogP contribution in [0.5, 0.6) is 0 Å². The van der Waals surface area contributed by atoms with Crippen molar-refractivity contribution in [3.05, 3.63) is 48.0 Å². The van der Waals surface area contributed by atoms with Gasteiger partial charge in [-0.1, -0.05) is 42.5 Å². The second-order valence-corrected chi connectivity index (χ2v) is 7.54. The van der Waals surface area contributed by atoms with Crippen molar-refractivity contribution in [2.24, 2.45) is 0 Å². The van der Waals surface area contributed by atoms with Gasteiger partial charge in [-0.25, -0.2) is 4.79 Å². The van der Waals surface area contributed by atoms with Gasteiger partial charge in [0.05, 0.1) is 0 Å². The number of nitrogens with one attached hydrogen (secondary N) is 1. The Morgan fingerprint density at radius 3 is 2.54 bits per heavy atom. The number of nitrogens with zero attached hydrogens (tertiary/aromatic N) is 1. The number of amides is 1. The number of rotatable bonds is 3. The van der Waals surface area contributed by atoms with Crippen LogP contribution in [0.15, 0.2) is 42.5 Å². The molecule has 0 radical (unpaired) electrons. The lowest BCUT2D eigenvalue weighted by molar-refractivity contribution is 0.00435. The van der Waals surface area contributed by atoms with Crippen molar-refractivity contribution < 1.29 is 9.53 Å². The first-order valence-corrected chi connectivity index (χ1v) is 8.55. The zero-order valence-electron chi connectivity index (χ0n) is 14.9. The van der Waals surface area contributed by atoms with Gasteiger partial charge in [0.2, 0.25) is 0 Å². The molecule has 4 heteroatoms. The molecule has 24 heavy (non-hydrogen) atoms. The lowest BCUT2D eigenvalue weighted by atomic mass is 9.98. The van der Waals surface area contributed by atoms with Crippen molar-refractivity contribution in [1.29, 1.82) is 0 Å². The molecule has 4 nitrogen and oxygen atoms in total. The topological polar surface area (TPSA) is 41.6 Å². The highest BCUT2D eigenvalue weighted by Gasteiger charge is 2.34. The van der Waals surface area contributed by atoms with Gasteiger partial charge in [-0.2, -0.15) is 0 Å². The fourth-order valence-electron chi connectivity index (χ4n) is 3.13. The van der Waals surface area contributed by atoms with Crippen LogP contribution in [0.4, 0.5) is 4.79 Å². The van der Waals surface area contributed by atoms with E-state index >= 15 is 0 Å². The SMILES string of the molecule is CC(NC1CN(C(=O)OC(C)(C)C)C1)c1cccc2ccccc12. The van der Waals surface area contributed by atoms with E-state index in [1.165, 1.54) is 16.3 Å². The molecule has 0 bridgehead atoms. The molecule has 1 fully saturated rings. The number of ether oxygens (including phenoxy) is 1. The predicted molar refractivity (Wildman–Crippen MR) is 97.1 cm³/mol. The van der Waals surface area contributed by atoms with Crippen LogP contribution in [0.2, 0.25) is 0 Å². The van der Waals surface area contributed by atoms with Crippen molar-refractivity contribution in [3.8, 4) is 0 Å². The molecule has 0 spiro atoms. The number of carbonyl (C=O) groups excluding carboxylic acids is 1. The molecule has 1 aliphatic heterocycles. The van der Waals surface area contributed by atoms with Crippen LogP contribution in [0.25, 0.3) is 10.8 Å². The molecular weight excluding hydrogens is 300 g/mol. The predicted octanol–water partition coefficient (Wildman–Crippen LogP) is 4.11. The van der Waals surface area contributed by atoms with Crippen molar-refractivity contribution in [3.63, 3.8) is 0 Å². The van der Waals surface area contributed by atoms with Crippen molar-refractivity contribution >= 4 is 16.9 Å². The van der Waals surface area contributed by atoms with Gasteiger partial charge in [-0.3, -0.25) is 0 Å². The Bertz CT molecular complexity index is 724. The van der Waals surface area contributed by atoms with Crippen LogP contribution in [0.3, 0.4) is 0 Å². The molecule has 0 aromatic heterocycles. The molecule has 2 aromatic rings. The zero-order valence-corrected chi connectivity index (χ0v) is 14.9. The van der Waals surface area contributed by atoms with Crippen LogP contribution < -0.4 is 5.32 Å². The fraction of sp³-hybridized carbons (Fsp3) is 0.450. The summed E-state index contributed by atoms with van der Waals surface area (Å²) in [5, 5.41) is 6.16. The molecule has 1 N–H and O–H groups in total. The summed E-state index contributed by atoms with van der Waals surface area (Å²) in [5.74, 6) is 0. The van der Waals surface area contributed by atoms with Crippen molar-refractivity contribution in [2.75, 3.05) is 13.1 Å². The van der Waals surface area contributed by atoms with Gasteiger partial charge in [0.15, 0.2) is 0 Å². The van der Waals surface area contributed by atoms with E-state index in [9.17, 15) is 4.79 Å². The number of hydrogen-bond acceptors (Lipinski definition) is 3. The Morgan fingerprint density at radius 2 is 1.83 bits per heavy atom. The second kappa shape index (κ2) is 6.44. The maximum atomic E-state index is 12.0. The fourth-order valence-corrected chi connectivity index (χ4v) is 3.13. The molecule has 1 amide bonds. The molecule has 1 aliphatic rings. The minimum Gasteiger partial charge on any atom is -0.444 e. The van der Waals surface area contributed by atoms with Gasteiger partial charge in [-0.15, -0.1) is 0 Å². The maximum Gasteiger partial charge on any atom is 0.410 e. The van der Waals surface area contributed by atoms with Crippen LogP contribution in [-0.4, -0.2) is 35.7 Å². The average Bonchev–Trinajstić information content (AvgIpc) is 2.47. The second-order valence-electron chi connectivity index (χ2n) is 7.54. The molecule has 1 unspecified atom stereocenters. The Hall–Kier alpha value is -2.07. The van der Waals surface area contributed by atoms with E-state index in [0.717, 1.165) is 0 Å². The third-order valence-corrected chi connectivity index (χ3v) is 4.31. The third-order valence-electron chi connectivity index (χ3n) is 4.31. The zero-order chi connectivity index (χ0) is 17.3. The Morgan fingerprint density at radius 1 is 1.17 bits per heavy atom. The summed E-state index contributed by atoms with van der Waals surface area (Å²) >= 11 is 0. The number of hydrogen-bond donors (Lipinski definition) is 1. The molecular formula is C20H26N2O2. The largest absolute Gasteiger partial charge is 0.444 e. The van der Waals surface area contributed by atoms with Gasteiger partial charge in [0.1, 0.15) is 5.60 Å². The quantitative estimate of drug-likeness (QED) is 0.923. The number of likely N-dealkylation sites (tertiary alicyclic amines) is 1. The first-order chi connectivity index (χ1) is 11.3. The van der Waals surface area contributed by atoms with Crippen LogP contribution >= 0.6 is 0 Å². The highest BCUT2D eigenvalue weighted by Crippen LogP contribution is 2.25. The lowest BCUT2D eigenvalue weighted by Gasteiger charge is -2.41. The highest BCUT2D eigenvalue weighted by molar-refractivity contribution is 5.86. The molecule has 1 heterocycles. The first kappa shape index (κ1) is 16.8. The van der Waals surface area contributed by atoms with E-state index in [2.05, 4.69) is 54.7 Å². The lowest BCUT2D eigenvalue weighted by Crippen LogP contribution is -2.60. The summed E-state index contributed by atoms with van der Waals surface area (Å²) in [5.41, 5.74) is 0.857. The molecule has 128 valence electrons. The van der Waals surface area contributed by atoms with Gasteiger partial charge in [-0.05, 0) is 44.0 Å². The van der Waals surface area contributed by atoms with Gasteiger partial charge in [0, 0.05) is 25.2 Å². The summed E-state index contributed by atoms with van der Waals surface area (Å²) in [6.45, 7) is 9.25. The highest BCUT2D eigenvalue weighted by atomic mass is 16.6. The van der Waals surface area contributed by atoms with Gasteiger partial charge in [0.25, 0.3) is 0 Å². The normalized spacial score (nSPS) is 16.8. The summed E-state index contributed by atoms with van der Waals surface area (Å²) in [6.07, 6.45) is -0.224. The van der Waals surface area contributed by atoms with Gasteiger partial charge < -0.3 is 15.0 Å². The standard InChI is InChI=1S/C20H26N2O2/c1-14(17-11-7-9-15-8-5-6-10-18(15)17)21-16-12-22(13-16)19(23)24-20(2,3)4/h5-11,14,16,21H,12-13H2,1-4H3. The van der Waals surface area contributed by atoms with Crippen LogP contribution in [-0.2, 0) is 4.74 Å². The Labute approximate surface area is 143 Å². The summed E-state index contributed by atoms with van der Waals surface area (Å²) in [7, 11) is 0. The minimum atomic E-state index is -0.439. The van der Waals surface area contributed by atoms with Crippen LogP contribution in [0.1, 0.15) is 39.3 Å². The summed E-state index contributed by atoms with van der Waals surface area (Å²) < 4.78 is 5.40. The summed E-state index contributed by atoms with van der Waals surface area (Å²) in [4.78, 5) is 13.7. The molecule has 3 rings (SSSR count). The average molecular weight is 326 g/mol. The molecule has 2 aromatic carbocycles. The Balaban J connectivity index is 1.59. The molecule has 1 atom stereocenters.